The van der Waals surface area contributed by atoms with Crippen molar-refractivity contribution in [2.45, 2.75) is 64.8 Å². The summed E-state index contributed by atoms with van der Waals surface area (Å²) in [5.41, 5.74) is 0. The first-order chi connectivity index (χ1) is 7.49. The highest BCUT2D eigenvalue weighted by atomic mass is 32.2. The largest absolute Gasteiger partial charge is 0.414 e. The molecular weight excluding hydrogens is 234 g/mol. The first kappa shape index (κ1) is 16.0. The molecule has 0 aromatic heterocycles. The second kappa shape index (κ2) is 9.09. The first-order valence-electron chi connectivity index (χ1n) is 6.18. The Hall–Kier alpha value is 0.0169. The Kier molecular flexibility index (Phi) is 9.10. The average Bonchev–Trinajstić information content (AvgIpc) is 2.18. The fraction of sp³-hybridized carbons (Fsp3) is 0.917. The smallest absolute Gasteiger partial charge is 0.184 e. The molecule has 16 heavy (non-hydrogen) atoms. The van der Waals surface area contributed by atoms with Crippen LogP contribution in [0.5, 0.6) is 0 Å². The summed E-state index contributed by atoms with van der Waals surface area (Å²) in [6, 6.07) is 0. The topological polar surface area (TPSA) is 33.0 Å². The predicted octanol–water partition coefficient (Wildman–Crippen LogP) is 4.39. The zero-order valence-electron chi connectivity index (χ0n) is 11.1. The molecule has 0 fully saturated rings. The molecule has 0 amide bonds. The maximum atomic E-state index is 8.59. The molecule has 0 spiro atoms. The molecule has 0 aromatic carbocycles. The van der Waals surface area contributed by atoms with Crippen LogP contribution in [-0.4, -0.2) is 20.2 Å². The van der Waals surface area contributed by atoms with Gasteiger partial charge in [-0.05, 0) is 37.8 Å². The number of thiocyanates is 1. The van der Waals surface area contributed by atoms with E-state index in [1.165, 1.54) is 37.4 Å². The predicted molar refractivity (Wildman–Crippen MR) is 75.0 cm³/mol. The lowest BCUT2D eigenvalue weighted by Crippen LogP contribution is -2.33. The van der Waals surface area contributed by atoms with Gasteiger partial charge in [0.15, 0.2) is 8.32 Å². The van der Waals surface area contributed by atoms with Crippen LogP contribution in [0.2, 0.25) is 19.6 Å². The molecule has 0 aliphatic carbocycles. The summed E-state index contributed by atoms with van der Waals surface area (Å²) in [5.74, 6) is 0.826. The van der Waals surface area contributed by atoms with Crippen LogP contribution >= 0.6 is 11.8 Å². The number of hydrogen-bond donors (Lipinski definition) is 0. The SMILES string of the molecule is CCCCCCC(CSC#N)O[Si](C)(C)C. The van der Waals surface area contributed by atoms with Gasteiger partial charge in [-0.2, -0.15) is 5.26 Å². The number of nitriles is 1. The molecule has 0 N–H and O–H groups in total. The molecule has 1 unspecified atom stereocenters. The molecule has 0 radical (unpaired) electrons. The lowest BCUT2D eigenvalue weighted by Gasteiger charge is -2.25. The summed E-state index contributed by atoms with van der Waals surface area (Å²) in [6.45, 7) is 8.86. The second-order valence-corrected chi connectivity index (χ2v) is 10.4. The van der Waals surface area contributed by atoms with Crippen molar-refractivity contribution in [1.29, 1.82) is 5.26 Å². The molecule has 2 nitrogen and oxygen atoms in total. The lowest BCUT2D eigenvalue weighted by atomic mass is 10.1. The minimum absolute atomic E-state index is 0.285. The van der Waals surface area contributed by atoms with Gasteiger partial charge in [-0.3, -0.25) is 0 Å². The summed E-state index contributed by atoms with van der Waals surface area (Å²) < 4.78 is 6.09. The summed E-state index contributed by atoms with van der Waals surface area (Å²) in [4.78, 5) is 0. The number of rotatable bonds is 9. The van der Waals surface area contributed by atoms with Crippen LogP contribution in [0.25, 0.3) is 0 Å². The summed E-state index contributed by atoms with van der Waals surface area (Å²) >= 11 is 1.32. The molecule has 1 atom stereocenters. The monoisotopic (exact) mass is 259 g/mol. The summed E-state index contributed by atoms with van der Waals surface area (Å²) in [6.07, 6.45) is 6.50. The number of unbranched alkanes of at least 4 members (excludes halogenated alkanes) is 3. The molecule has 0 bridgehead atoms. The van der Waals surface area contributed by atoms with Crippen molar-refractivity contribution in [1.82, 2.24) is 0 Å². The fourth-order valence-corrected chi connectivity index (χ4v) is 3.42. The Labute approximate surface area is 106 Å². The molecule has 0 rings (SSSR count). The van der Waals surface area contributed by atoms with E-state index in [0.717, 1.165) is 12.2 Å². The van der Waals surface area contributed by atoms with E-state index in [9.17, 15) is 0 Å². The maximum absolute atomic E-state index is 8.59. The van der Waals surface area contributed by atoms with E-state index in [-0.39, 0.29) is 6.10 Å². The molecular formula is C12H25NOSSi. The van der Waals surface area contributed by atoms with Crippen molar-refractivity contribution < 1.29 is 4.43 Å². The van der Waals surface area contributed by atoms with Crippen molar-refractivity contribution in [2.75, 3.05) is 5.75 Å². The number of nitrogens with zero attached hydrogens (tertiary/aromatic N) is 1. The minimum Gasteiger partial charge on any atom is -0.414 e. The molecule has 0 saturated carbocycles. The highest BCUT2D eigenvalue weighted by Crippen LogP contribution is 2.17. The Morgan fingerprint density at radius 1 is 1.25 bits per heavy atom. The Bertz CT molecular complexity index is 210. The highest BCUT2D eigenvalue weighted by Gasteiger charge is 2.20. The Balaban J connectivity index is 3.87. The molecule has 0 saturated heterocycles. The minimum atomic E-state index is -1.46. The van der Waals surface area contributed by atoms with Gasteiger partial charge < -0.3 is 4.43 Å². The Morgan fingerprint density at radius 3 is 2.44 bits per heavy atom. The van der Waals surface area contributed by atoms with Gasteiger partial charge in [0.25, 0.3) is 0 Å². The van der Waals surface area contributed by atoms with Crippen molar-refractivity contribution in [3.63, 3.8) is 0 Å². The zero-order valence-corrected chi connectivity index (χ0v) is 12.9. The lowest BCUT2D eigenvalue weighted by molar-refractivity contribution is 0.203. The van der Waals surface area contributed by atoms with Gasteiger partial charge in [-0.1, -0.05) is 32.6 Å². The third-order valence-electron chi connectivity index (χ3n) is 2.23. The van der Waals surface area contributed by atoms with E-state index in [1.807, 2.05) is 0 Å². The van der Waals surface area contributed by atoms with Crippen LogP contribution in [0.3, 0.4) is 0 Å². The van der Waals surface area contributed by atoms with E-state index in [0.29, 0.717) is 0 Å². The number of hydrogen-bond acceptors (Lipinski definition) is 3. The van der Waals surface area contributed by atoms with Crippen LogP contribution in [-0.2, 0) is 4.43 Å². The van der Waals surface area contributed by atoms with Gasteiger partial charge in [0.2, 0.25) is 0 Å². The van der Waals surface area contributed by atoms with Crippen molar-refractivity contribution in [2.24, 2.45) is 0 Å². The molecule has 0 aliphatic rings. The van der Waals surface area contributed by atoms with E-state index in [4.69, 9.17) is 9.69 Å². The van der Waals surface area contributed by atoms with Gasteiger partial charge in [0, 0.05) is 5.75 Å². The first-order valence-corrected chi connectivity index (χ1v) is 10.6. The second-order valence-electron chi connectivity index (χ2n) is 5.10. The van der Waals surface area contributed by atoms with E-state index in [2.05, 4.69) is 32.0 Å². The highest BCUT2D eigenvalue weighted by molar-refractivity contribution is 8.03. The third-order valence-corrected chi connectivity index (χ3v) is 3.94. The van der Waals surface area contributed by atoms with Gasteiger partial charge in [-0.15, -0.1) is 0 Å². The normalized spacial score (nSPS) is 13.4. The summed E-state index contributed by atoms with van der Waals surface area (Å²) in [7, 11) is -1.46. The van der Waals surface area contributed by atoms with Crippen LogP contribution < -0.4 is 0 Å². The standard InChI is InChI=1S/C12H25NOSSi/c1-5-6-7-8-9-12(10-15-11-13)14-16(2,3)4/h12H,5-10H2,1-4H3. The fourth-order valence-electron chi connectivity index (χ4n) is 1.61. The Morgan fingerprint density at radius 2 is 1.94 bits per heavy atom. The van der Waals surface area contributed by atoms with E-state index >= 15 is 0 Å². The summed E-state index contributed by atoms with van der Waals surface area (Å²) in [5, 5.41) is 10.7. The quantitative estimate of drug-likeness (QED) is 0.350. The van der Waals surface area contributed by atoms with Crippen LogP contribution in [0.4, 0.5) is 0 Å². The molecule has 0 aromatic rings. The van der Waals surface area contributed by atoms with Gasteiger partial charge in [0.1, 0.15) is 5.40 Å². The van der Waals surface area contributed by atoms with Crippen molar-refractivity contribution in [3.05, 3.63) is 0 Å². The molecule has 0 aliphatic heterocycles. The van der Waals surface area contributed by atoms with Gasteiger partial charge in [-0.25, -0.2) is 0 Å². The molecule has 0 heterocycles. The average molecular weight is 259 g/mol. The zero-order chi connectivity index (χ0) is 12.4. The van der Waals surface area contributed by atoms with Crippen LogP contribution in [0.1, 0.15) is 39.0 Å². The third kappa shape index (κ3) is 10.5. The van der Waals surface area contributed by atoms with Crippen molar-refractivity contribution >= 4 is 20.1 Å². The molecule has 4 heteroatoms. The van der Waals surface area contributed by atoms with Gasteiger partial charge in [0.05, 0.1) is 6.10 Å². The van der Waals surface area contributed by atoms with E-state index < -0.39 is 8.32 Å². The van der Waals surface area contributed by atoms with Crippen LogP contribution in [0, 0.1) is 10.7 Å². The van der Waals surface area contributed by atoms with E-state index in [1.54, 1.807) is 0 Å². The molecule has 94 valence electrons. The van der Waals surface area contributed by atoms with Crippen molar-refractivity contribution in [3.8, 4) is 5.40 Å². The maximum Gasteiger partial charge on any atom is 0.184 e. The van der Waals surface area contributed by atoms with Crippen LogP contribution in [0.15, 0.2) is 0 Å². The number of thioether (sulfide) groups is 1. The van der Waals surface area contributed by atoms with Gasteiger partial charge >= 0.3 is 0 Å².